The molecule has 30 heavy (non-hydrogen) atoms. The average molecular weight is 423 g/mol. The van der Waals surface area contributed by atoms with E-state index in [-0.39, 0.29) is 0 Å². The van der Waals surface area contributed by atoms with Gasteiger partial charge in [0, 0.05) is 11.1 Å². The summed E-state index contributed by atoms with van der Waals surface area (Å²) in [5.41, 5.74) is 1.14. The molecular formula is C23H19ClN2O4. The Hall–Kier alpha value is -3.48. The fourth-order valence-electron chi connectivity index (χ4n) is 2.64. The third-order valence-corrected chi connectivity index (χ3v) is 4.45. The second-order valence-electron chi connectivity index (χ2n) is 6.29. The first kappa shape index (κ1) is 21.2. The summed E-state index contributed by atoms with van der Waals surface area (Å²) in [6, 6.07) is 23.6. The maximum atomic E-state index is 12.8. The van der Waals surface area contributed by atoms with E-state index in [2.05, 4.69) is 10.6 Å². The molecule has 0 heterocycles. The van der Waals surface area contributed by atoms with Gasteiger partial charge in [-0.1, -0.05) is 72.3 Å². The van der Waals surface area contributed by atoms with E-state index >= 15 is 0 Å². The van der Waals surface area contributed by atoms with E-state index in [9.17, 15) is 14.4 Å². The van der Waals surface area contributed by atoms with Crippen LogP contribution in [0.3, 0.4) is 0 Å². The number of benzene rings is 3. The number of anilines is 1. The SMILES string of the molecule is O=C(COC(NC(=O)c1ccccc1)C(=O)c1ccccc1)Nc1ccccc1Cl. The van der Waals surface area contributed by atoms with Crippen LogP contribution in [-0.2, 0) is 9.53 Å². The van der Waals surface area contributed by atoms with Crippen LogP contribution in [0.1, 0.15) is 20.7 Å². The zero-order chi connectivity index (χ0) is 21.3. The number of hydrogen-bond acceptors (Lipinski definition) is 4. The predicted octanol–water partition coefficient (Wildman–Crippen LogP) is 3.93. The Balaban J connectivity index is 1.70. The van der Waals surface area contributed by atoms with Crippen molar-refractivity contribution in [3.05, 3.63) is 101 Å². The lowest BCUT2D eigenvalue weighted by atomic mass is 10.1. The Morgan fingerprint density at radius 1 is 0.800 bits per heavy atom. The molecule has 1 atom stereocenters. The molecule has 0 saturated heterocycles. The molecule has 0 radical (unpaired) electrons. The van der Waals surface area contributed by atoms with Crippen LogP contribution >= 0.6 is 11.6 Å². The summed E-state index contributed by atoms with van der Waals surface area (Å²) in [5.74, 6) is -1.47. The zero-order valence-corrected chi connectivity index (χ0v) is 16.6. The Morgan fingerprint density at radius 2 is 1.37 bits per heavy atom. The number of Topliss-reactive ketones (excluding diaryl/α,β-unsaturated/α-hetero) is 1. The van der Waals surface area contributed by atoms with E-state index < -0.39 is 30.4 Å². The van der Waals surface area contributed by atoms with Crippen molar-refractivity contribution in [3.63, 3.8) is 0 Å². The van der Waals surface area contributed by atoms with Crippen LogP contribution in [0.2, 0.25) is 5.02 Å². The van der Waals surface area contributed by atoms with Crippen LogP contribution in [0.25, 0.3) is 0 Å². The normalized spacial score (nSPS) is 11.4. The molecule has 2 N–H and O–H groups in total. The standard InChI is InChI=1S/C23H19ClN2O4/c24-18-13-7-8-14-19(18)25-20(27)15-30-23(21(28)16-9-3-1-4-10-16)26-22(29)17-11-5-2-6-12-17/h1-14,23H,15H2,(H,25,27)(H,26,29). The van der Waals surface area contributed by atoms with Gasteiger partial charge in [0.15, 0.2) is 6.23 Å². The van der Waals surface area contributed by atoms with Gasteiger partial charge < -0.3 is 15.4 Å². The van der Waals surface area contributed by atoms with Crippen LogP contribution in [-0.4, -0.2) is 30.4 Å². The molecule has 0 aliphatic carbocycles. The molecule has 3 aromatic carbocycles. The number of rotatable bonds is 8. The van der Waals surface area contributed by atoms with Crippen molar-refractivity contribution >= 4 is 34.9 Å². The minimum atomic E-state index is -1.34. The highest BCUT2D eigenvalue weighted by Crippen LogP contribution is 2.20. The van der Waals surface area contributed by atoms with E-state index in [0.717, 1.165) is 0 Å². The molecule has 0 saturated carbocycles. The minimum absolute atomic E-state index is 0.349. The number of nitrogens with one attached hydrogen (secondary N) is 2. The summed E-state index contributed by atoms with van der Waals surface area (Å²) >= 11 is 6.03. The number of ketones is 1. The maximum Gasteiger partial charge on any atom is 0.253 e. The summed E-state index contributed by atoms with van der Waals surface area (Å²) in [6.07, 6.45) is -1.34. The average Bonchev–Trinajstić information content (AvgIpc) is 2.78. The van der Waals surface area contributed by atoms with E-state index in [1.165, 1.54) is 0 Å². The van der Waals surface area contributed by atoms with Crippen LogP contribution in [0.4, 0.5) is 5.69 Å². The van der Waals surface area contributed by atoms with Crippen molar-refractivity contribution in [2.45, 2.75) is 6.23 Å². The van der Waals surface area contributed by atoms with Crippen molar-refractivity contribution in [2.75, 3.05) is 11.9 Å². The molecule has 2 amide bonds. The molecule has 0 fully saturated rings. The quantitative estimate of drug-likeness (QED) is 0.425. The molecule has 3 rings (SSSR count). The van der Waals surface area contributed by atoms with Crippen LogP contribution in [0.5, 0.6) is 0 Å². The highest BCUT2D eigenvalue weighted by molar-refractivity contribution is 6.33. The van der Waals surface area contributed by atoms with Gasteiger partial charge in [-0.25, -0.2) is 0 Å². The van der Waals surface area contributed by atoms with Gasteiger partial charge in [0.2, 0.25) is 5.78 Å². The van der Waals surface area contributed by atoms with Gasteiger partial charge in [-0.05, 0) is 24.3 Å². The van der Waals surface area contributed by atoms with Gasteiger partial charge >= 0.3 is 0 Å². The number of para-hydroxylation sites is 1. The number of amides is 2. The lowest BCUT2D eigenvalue weighted by molar-refractivity contribution is -0.122. The Kier molecular flexibility index (Phi) is 7.32. The topological polar surface area (TPSA) is 84.5 Å². The number of hydrogen-bond donors (Lipinski definition) is 2. The summed E-state index contributed by atoms with van der Waals surface area (Å²) in [7, 11) is 0. The van der Waals surface area contributed by atoms with Crippen LogP contribution in [0.15, 0.2) is 84.9 Å². The summed E-state index contributed by atoms with van der Waals surface area (Å²) in [6.45, 7) is -0.455. The second kappa shape index (κ2) is 10.3. The van der Waals surface area contributed by atoms with Crippen molar-refractivity contribution in [2.24, 2.45) is 0 Å². The first-order valence-electron chi connectivity index (χ1n) is 9.16. The third-order valence-electron chi connectivity index (χ3n) is 4.12. The van der Waals surface area contributed by atoms with E-state index in [0.29, 0.717) is 21.8 Å². The molecule has 0 aromatic heterocycles. The summed E-state index contributed by atoms with van der Waals surface area (Å²) in [4.78, 5) is 37.6. The lowest BCUT2D eigenvalue weighted by Gasteiger charge is -2.18. The lowest BCUT2D eigenvalue weighted by Crippen LogP contribution is -2.44. The van der Waals surface area contributed by atoms with Crippen molar-refractivity contribution in [1.82, 2.24) is 5.32 Å². The van der Waals surface area contributed by atoms with Crippen molar-refractivity contribution < 1.29 is 19.1 Å². The maximum absolute atomic E-state index is 12.8. The first-order chi connectivity index (χ1) is 14.5. The van der Waals surface area contributed by atoms with E-state index in [1.807, 2.05) is 0 Å². The highest BCUT2D eigenvalue weighted by Gasteiger charge is 2.24. The molecule has 0 aliphatic rings. The molecule has 7 heteroatoms. The highest BCUT2D eigenvalue weighted by atomic mass is 35.5. The summed E-state index contributed by atoms with van der Waals surface area (Å²) < 4.78 is 5.49. The molecular weight excluding hydrogens is 404 g/mol. The smallest absolute Gasteiger partial charge is 0.253 e. The molecule has 1 unspecified atom stereocenters. The predicted molar refractivity (Wildman–Crippen MR) is 115 cm³/mol. The van der Waals surface area contributed by atoms with Crippen molar-refractivity contribution in [3.8, 4) is 0 Å². The molecule has 152 valence electrons. The molecule has 0 aliphatic heterocycles. The zero-order valence-electron chi connectivity index (χ0n) is 15.9. The van der Waals surface area contributed by atoms with Crippen molar-refractivity contribution in [1.29, 1.82) is 0 Å². The monoisotopic (exact) mass is 422 g/mol. The van der Waals surface area contributed by atoms with Gasteiger partial charge in [0.05, 0.1) is 10.7 Å². The number of ether oxygens (including phenoxy) is 1. The molecule has 3 aromatic rings. The van der Waals surface area contributed by atoms with Crippen LogP contribution < -0.4 is 10.6 Å². The fraction of sp³-hybridized carbons (Fsp3) is 0.0870. The Labute approximate surface area is 178 Å². The molecule has 6 nitrogen and oxygen atoms in total. The molecule has 0 bridgehead atoms. The first-order valence-corrected chi connectivity index (χ1v) is 9.53. The third kappa shape index (κ3) is 5.76. The molecule has 0 spiro atoms. The number of carbonyl (C=O) groups excluding carboxylic acids is 3. The van der Waals surface area contributed by atoms with Gasteiger partial charge in [0.1, 0.15) is 6.61 Å². The fourth-order valence-corrected chi connectivity index (χ4v) is 2.82. The number of carbonyl (C=O) groups is 3. The minimum Gasteiger partial charge on any atom is -0.341 e. The Bertz CT molecular complexity index is 1030. The number of halogens is 1. The second-order valence-corrected chi connectivity index (χ2v) is 6.70. The largest absolute Gasteiger partial charge is 0.341 e. The van der Waals surface area contributed by atoms with Gasteiger partial charge in [-0.15, -0.1) is 0 Å². The Morgan fingerprint density at radius 3 is 2.00 bits per heavy atom. The van der Waals surface area contributed by atoms with Crippen LogP contribution in [0, 0.1) is 0 Å². The summed E-state index contributed by atoms with van der Waals surface area (Å²) in [5, 5.41) is 5.53. The van der Waals surface area contributed by atoms with Gasteiger partial charge in [-0.2, -0.15) is 0 Å². The van der Waals surface area contributed by atoms with Gasteiger partial charge in [-0.3, -0.25) is 14.4 Å². The van der Waals surface area contributed by atoms with E-state index in [1.54, 1.807) is 84.9 Å². The van der Waals surface area contributed by atoms with E-state index in [4.69, 9.17) is 16.3 Å². The van der Waals surface area contributed by atoms with Gasteiger partial charge in [0.25, 0.3) is 11.8 Å².